The normalized spacial score (nSPS) is 23.2. The van der Waals surface area contributed by atoms with Crippen LogP contribution in [0.25, 0.3) is 11.0 Å². The number of hydrogen-bond donors (Lipinski definition) is 2. The van der Waals surface area contributed by atoms with Crippen molar-refractivity contribution in [1.29, 1.82) is 0 Å². The first-order valence-electron chi connectivity index (χ1n) is 8.95. The number of benzene rings is 1. The van der Waals surface area contributed by atoms with Crippen LogP contribution in [0.1, 0.15) is 12.6 Å². The Morgan fingerprint density at radius 2 is 2.17 bits per heavy atom. The average Bonchev–Trinajstić information content (AvgIpc) is 3.30. The van der Waals surface area contributed by atoms with E-state index in [2.05, 4.69) is 15.9 Å². The number of aliphatic hydroxyl groups is 1. The van der Waals surface area contributed by atoms with Gasteiger partial charge >= 0.3 is 6.16 Å². The first-order valence-corrected chi connectivity index (χ1v) is 9.33. The first-order chi connectivity index (χ1) is 14.5. The molecule has 0 bridgehead atoms. The molecule has 1 aromatic carbocycles. The van der Waals surface area contributed by atoms with E-state index in [0.717, 1.165) is 0 Å². The third kappa shape index (κ3) is 3.52. The molecule has 0 radical (unpaired) electrons. The van der Waals surface area contributed by atoms with E-state index in [4.69, 9.17) is 38.0 Å². The van der Waals surface area contributed by atoms with E-state index in [1.165, 1.54) is 0 Å². The Kier molecular flexibility index (Phi) is 5.22. The first kappa shape index (κ1) is 20.0. The van der Waals surface area contributed by atoms with Gasteiger partial charge in [0.2, 0.25) is 5.28 Å². The number of aliphatic hydroxyl groups excluding tert-OH is 1. The molecule has 0 aliphatic carbocycles. The zero-order valence-corrected chi connectivity index (χ0v) is 16.3. The van der Waals surface area contributed by atoms with E-state index in [0.29, 0.717) is 16.8 Å². The second kappa shape index (κ2) is 7.84. The Balaban J connectivity index is 1.60. The fraction of sp³-hybridized carbons (Fsp3) is 0.250. The lowest BCUT2D eigenvalue weighted by molar-refractivity contribution is -0.0941. The quantitative estimate of drug-likeness (QED) is 0.281. The maximum absolute atomic E-state index is 12.3. The minimum absolute atomic E-state index is 0.0254. The summed E-state index contributed by atoms with van der Waals surface area (Å²) in [5, 5.41) is 10.5. The lowest BCUT2D eigenvalue weighted by atomic mass is 9.99. The van der Waals surface area contributed by atoms with Crippen molar-refractivity contribution in [3.63, 3.8) is 0 Å². The molecule has 0 amide bonds. The van der Waals surface area contributed by atoms with Crippen molar-refractivity contribution in [2.45, 2.75) is 24.4 Å². The zero-order valence-electron chi connectivity index (χ0n) is 15.6. The topological polar surface area (TPSA) is 122 Å². The van der Waals surface area contributed by atoms with Gasteiger partial charge in [0.15, 0.2) is 11.7 Å². The summed E-state index contributed by atoms with van der Waals surface area (Å²) in [6.07, 6.45) is 4.81. The van der Waals surface area contributed by atoms with Crippen LogP contribution < -0.4 is 10.5 Å². The van der Waals surface area contributed by atoms with E-state index >= 15 is 0 Å². The standard InChI is InChI=1S/C20H17ClN4O5/c1-2-20(11-26)14(29-19(27)28-12-6-4-3-5-7-12)10-15(30-20)25-9-8-13-16(22)23-18(21)24-17(13)25/h1,3-9,14-15,26H,10-11H2,(H2,22,23,24)/t14-,15?,20+/m0/s1. The third-order valence-electron chi connectivity index (χ3n) is 4.83. The highest BCUT2D eigenvalue weighted by Crippen LogP contribution is 2.40. The number of nitrogen functional groups attached to an aromatic ring is 1. The predicted molar refractivity (Wildman–Crippen MR) is 108 cm³/mol. The summed E-state index contributed by atoms with van der Waals surface area (Å²) in [5.74, 6) is 2.93. The van der Waals surface area contributed by atoms with Crippen LogP contribution in [0.5, 0.6) is 5.75 Å². The molecule has 3 heterocycles. The van der Waals surface area contributed by atoms with Gasteiger partial charge in [0.05, 0.1) is 12.0 Å². The number of para-hydroxylation sites is 1. The number of carbonyl (C=O) groups is 1. The number of halogens is 1. The lowest BCUT2D eigenvalue weighted by Crippen LogP contribution is -2.44. The van der Waals surface area contributed by atoms with E-state index < -0.39 is 30.7 Å². The van der Waals surface area contributed by atoms with E-state index in [9.17, 15) is 9.90 Å². The molecule has 9 nitrogen and oxygen atoms in total. The van der Waals surface area contributed by atoms with E-state index in [1.807, 2.05) is 0 Å². The van der Waals surface area contributed by atoms with Crippen molar-refractivity contribution in [1.82, 2.24) is 14.5 Å². The fourth-order valence-electron chi connectivity index (χ4n) is 3.35. The average molecular weight is 429 g/mol. The molecule has 1 unspecified atom stereocenters. The van der Waals surface area contributed by atoms with Crippen LogP contribution in [0.3, 0.4) is 0 Å². The molecular formula is C20H17ClN4O5. The molecule has 0 spiro atoms. The maximum atomic E-state index is 12.3. The van der Waals surface area contributed by atoms with Crippen molar-refractivity contribution < 1.29 is 24.1 Å². The second-order valence-corrected chi connectivity index (χ2v) is 6.95. The number of aromatic nitrogens is 3. The van der Waals surface area contributed by atoms with Gasteiger partial charge in [-0.2, -0.15) is 4.98 Å². The van der Waals surface area contributed by atoms with Crippen LogP contribution in [0.4, 0.5) is 10.6 Å². The van der Waals surface area contributed by atoms with Crippen molar-refractivity contribution in [3.05, 3.63) is 47.9 Å². The molecule has 1 aliphatic heterocycles. The summed E-state index contributed by atoms with van der Waals surface area (Å²) >= 11 is 5.93. The highest BCUT2D eigenvalue weighted by molar-refractivity contribution is 6.28. The molecule has 1 saturated heterocycles. The molecule has 1 fully saturated rings. The van der Waals surface area contributed by atoms with Gasteiger partial charge in [-0.05, 0) is 29.8 Å². The van der Waals surface area contributed by atoms with E-state index in [1.54, 1.807) is 47.2 Å². The predicted octanol–water partition coefficient (Wildman–Crippen LogP) is 2.53. The Bertz CT molecular complexity index is 1130. The molecular weight excluding hydrogens is 412 g/mol. The Hall–Kier alpha value is -3.32. The van der Waals surface area contributed by atoms with Gasteiger partial charge in [0, 0.05) is 12.6 Å². The van der Waals surface area contributed by atoms with Gasteiger partial charge in [-0.25, -0.2) is 9.78 Å². The summed E-state index contributed by atoms with van der Waals surface area (Å²) in [5.41, 5.74) is 4.76. The van der Waals surface area contributed by atoms with Crippen LogP contribution in [0, 0.1) is 12.3 Å². The molecule has 154 valence electrons. The summed E-state index contributed by atoms with van der Waals surface area (Å²) in [6.45, 7) is -0.569. The largest absolute Gasteiger partial charge is 0.514 e. The van der Waals surface area contributed by atoms with Gasteiger partial charge < -0.3 is 29.6 Å². The van der Waals surface area contributed by atoms with Crippen molar-refractivity contribution in [2.75, 3.05) is 12.3 Å². The fourth-order valence-corrected chi connectivity index (χ4v) is 3.52. The number of nitrogens with zero attached hydrogens (tertiary/aromatic N) is 3. The molecule has 3 atom stereocenters. The van der Waals surface area contributed by atoms with Crippen LogP contribution >= 0.6 is 11.6 Å². The number of hydrogen-bond acceptors (Lipinski definition) is 8. The summed E-state index contributed by atoms with van der Waals surface area (Å²) in [6, 6.07) is 10.1. The third-order valence-corrected chi connectivity index (χ3v) is 5.00. The minimum atomic E-state index is -1.56. The molecule has 3 N–H and O–H groups in total. The zero-order chi connectivity index (χ0) is 21.3. The highest BCUT2D eigenvalue weighted by atomic mass is 35.5. The van der Waals surface area contributed by atoms with Crippen LogP contribution in [0.2, 0.25) is 5.28 Å². The van der Waals surface area contributed by atoms with Crippen LogP contribution in [-0.4, -0.2) is 44.1 Å². The van der Waals surface area contributed by atoms with E-state index in [-0.39, 0.29) is 17.5 Å². The van der Waals surface area contributed by atoms with Gasteiger partial charge in [-0.1, -0.05) is 24.1 Å². The van der Waals surface area contributed by atoms with Gasteiger partial charge in [0.25, 0.3) is 0 Å². The number of carbonyl (C=O) groups excluding carboxylic acids is 1. The van der Waals surface area contributed by atoms with Gasteiger partial charge in [0.1, 0.15) is 23.4 Å². The number of rotatable bonds is 4. The number of fused-ring (bicyclic) bond motifs is 1. The number of ether oxygens (including phenoxy) is 3. The van der Waals surface area contributed by atoms with Crippen molar-refractivity contribution in [3.8, 4) is 18.1 Å². The Morgan fingerprint density at radius 1 is 1.40 bits per heavy atom. The lowest BCUT2D eigenvalue weighted by Gasteiger charge is -2.26. The highest BCUT2D eigenvalue weighted by Gasteiger charge is 2.51. The second-order valence-electron chi connectivity index (χ2n) is 6.61. The summed E-state index contributed by atoms with van der Waals surface area (Å²) in [7, 11) is 0. The van der Waals surface area contributed by atoms with Crippen LogP contribution in [-0.2, 0) is 9.47 Å². The smallest absolute Gasteiger partial charge is 0.426 e. The number of anilines is 1. The molecule has 2 aromatic heterocycles. The Morgan fingerprint density at radius 3 is 2.87 bits per heavy atom. The van der Waals surface area contributed by atoms with Crippen molar-refractivity contribution >= 4 is 34.6 Å². The minimum Gasteiger partial charge on any atom is -0.426 e. The Labute approximate surface area is 176 Å². The van der Waals surface area contributed by atoms with Gasteiger partial charge in [-0.3, -0.25) is 0 Å². The monoisotopic (exact) mass is 428 g/mol. The van der Waals surface area contributed by atoms with Gasteiger partial charge in [-0.15, -0.1) is 6.42 Å². The molecule has 30 heavy (non-hydrogen) atoms. The van der Waals surface area contributed by atoms with Crippen LogP contribution in [0.15, 0.2) is 42.6 Å². The number of nitrogens with two attached hydrogens (primary N) is 1. The maximum Gasteiger partial charge on any atom is 0.514 e. The molecule has 3 aromatic rings. The van der Waals surface area contributed by atoms with Crippen molar-refractivity contribution in [2.24, 2.45) is 0 Å². The molecule has 4 rings (SSSR count). The molecule has 0 saturated carbocycles. The molecule has 10 heteroatoms. The summed E-state index contributed by atoms with van der Waals surface area (Å²) in [4.78, 5) is 20.4. The SMILES string of the molecule is C#C[C@]1(CO)OC(n2ccc3c(N)nc(Cl)nc32)C[C@@H]1OC(=O)Oc1ccccc1. The summed E-state index contributed by atoms with van der Waals surface area (Å²) < 4.78 is 18.2. The molecule has 1 aliphatic rings. The number of terminal acetylenes is 1.